The molecule has 0 radical (unpaired) electrons. The van der Waals surface area contributed by atoms with Gasteiger partial charge in [-0.25, -0.2) is 4.98 Å². The highest BCUT2D eigenvalue weighted by atomic mass is 19.4. The van der Waals surface area contributed by atoms with Crippen LogP contribution in [-0.4, -0.2) is 24.2 Å². The second-order valence-corrected chi connectivity index (χ2v) is 4.91. The Morgan fingerprint density at radius 1 is 1.38 bits per heavy atom. The van der Waals surface area contributed by atoms with Gasteiger partial charge in [0.25, 0.3) is 0 Å². The maximum Gasteiger partial charge on any atom is 0.433 e. The molecule has 114 valence electrons. The van der Waals surface area contributed by atoms with E-state index in [0.29, 0.717) is 13.0 Å². The number of aromatic nitrogens is 1. The summed E-state index contributed by atoms with van der Waals surface area (Å²) in [6, 6.07) is 3.79. The summed E-state index contributed by atoms with van der Waals surface area (Å²) in [6.45, 7) is 1.16. The van der Waals surface area contributed by atoms with Crippen LogP contribution in [-0.2, 0) is 10.9 Å². The van der Waals surface area contributed by atoms with Gasteiger partial charge in [0.05, 0.1) is 11.7 Å². The minimum atomic E-state index is -4.52. The summed E-state index contributed by atoms with van der Waals surface area (Å²) in [5, 5.41) is 11.7. The van der Waals surface area contributed by atoms with E-state index in [1.165, 1.54) is 0 Å². The lowest BCUT2D eigenvalue weighted by Gasteiger charge is -2.22. The third kappa shape index (κ3) is 4.33. The minimum absolute atomic E-state index is 0.0249. The van der Waals surface area contributed by atoms with Gasteiger partial charge in [-0.2, -0.15) is 18.4 Å². The summed E-state index contributed by atoms with van der Waals surface area (Å²) in [5.41, 5.74) is -0.898. The van der Waals surface area contributed by atoms with Crippen molar-refractivity contribution in [2.75, 3.05) is 18.5 Å². The van der Waals surface area contributed by atoms with Gasteiger partial charge in [0.1, 0.15) is 17.6 Å². The molecule has 0 spiro atoms. The molecule has 1 fully saturated rings. The van der Waals surface area contributed by atoms with Crippen LogP contribution in [0.1, 0.15) is 36.9 Å². The van der Waals surface area contributed by atoms with Crippen LogP contribution in [0.3, 0.4) is 0 Å². The number of hydrogen-bond donors (Lipinski definition) is 1. The third-order valence-electron chi connectivity index (χ3n) is 3.34. The topological polar surface area (TPSA) is 57.9 Å². The van der Waals surface area contributed by atoms with Gasteiger partial charge in [0, 0.05) is 13.2 Å². The number of ether oxygens (including phenoxy) is 1. The maximum absolute atomic E-state index is 12.6. The fourth-order valence-electron chi connectivity index (χ4n) is 2.23. The summed E-state index contributed by atoms with van der Waals surface area (Å²) in [6.07, 6.45) is -0.585. The Morgan fingerprint density at radius 2 is 2.19 bits per heavy atom. The molecule has 21 heavy (non-hydrogen) atoms. The van der Waals surface area contributed by atoms with Gasteiger partial charge in [-0.3, -0.25) is 0 Å². The average molecular weight is 299 g/mol. The Hall–Kier alpha value is -1.81. The Morgan fingerprint density at radius 3 is 2.81 bits per heavy atom. The average Bonchev–Trinajstić information content (AvgIpc) is 2.47. The van der Waals surface area contributed by atoms with Crippen LogP contribution in [0.4, 0.5) is 19.0 Å². The molecule has 1 N–H and O–H groups in total. The zero-order chi connectivity index (χ0) is 15.3. The van der Waals surface area contributed by atoms with Crippen molar-refractivity contribution in [3.63, 3.8) is 0 Å². The van der Waals surface area contributed by atoms with E-state index in [1.807, 2.05) is 6.07 Å². The number of anilines is 1. The molecule has 0 aliphatic carbocycles. The Balaban J connectivity index is 1.99. The molecule has 2 heterocycles. The van der Waals surface area contributed by atoms with Gasteiger partial charge < -0.3 is 10.1 Å². The number of nitrogens with zero attached hydrogens (tertiary/aromatic N) is 2. The summed E-state index contributed by atoms with van der Waals surface area (Å²) >= 11 is 0. The van der Waals surface area contributed by atoms with Crippen molar-refractivity contribution in [2.24, 2.45) is 0 Å². The lowest BCUT2D eigenvalue weighted by atomic mass is 10.1. The highest BCUT2D eigenvalue weighted by Gasteiger charge is 2.33. The van der Waals surface area contributed by atoms with Gasteiger partial charge in [-0.15, -0.1) is 0 Å². The predicted molar refractivity (Wildman–Crippen MR) is 70.7 cm³/mol. The van der Waals surface area contributed by atoms with E-state index in [9.17, 15) is 13.2 Å². The highest BCUT2D eigenvalue weighted by molar-refractivity contribution is 5.52. The lowest BCUT2D eigenvalue weighted by Crippen LogP contribution is -2.22. The molecule has 1 aromatic rings. The van der Waals surface area contributed by atoms with Crippen molar-refractivity contribution in [1.82, 2.24) is 4.98 Å². The molecule has 1 aliphatic heterocycles. The first kappa shape index (κ1) is 15.6. The molecule has 4 nitrogen and oxygen atoms in total. The molecular weight excluding hydrogens is 283 g/mol. The number of nitriles is 1. The molecule has 0 aromatic carbocycles. The predicted octanol–water partition coefficient (Wildman–Crippen LogP) is 3.34. The summed E-state index contributed by atoms with van der Waals surface area (Å²) < 4.78 is 43.4. The number of nitrogens with one attached hydrogen (secondary N) is 1. The van der Waals surface area contributed by atoms with Crippen molar-refractivity contribution in [1.29, 1.82) is 5.26 Å². The molecule has 0 amide bonds. The first-order chi connectivity index (χ1) is 10.0. The minimum Gasteiger partial charge on any atom is -0.378 e. The zero-order valence-electron chi connectivity index (χ0n) is 11.4. The number of rotatable bonds is 4. The SMILES string of the molecule is N#Cc1ccc(C(F)(F)F)nc1NCCC1CCCCO1. The molecule has 0 saturated carbocycles. The van der Waals surface area contributed by atoms with Crippen LogP contribution < -0.4 is 5.32 Å². The molecule has 1 aliphatic rings. The van der Waals surface area contributed by atoms with Crippen LogP contribution in [0.25, 0.3) is 0 Å². The molecule has 0 bridgehead atoms. The standard InChI is InChI=1S/C14H16F3N3O/c15-14(16,17)12-5-4-10(9-18)13(20-12)19-7-6-11-3-1-2-8-21-11/h4-5,11H,1-3,6-8H2,(H,19,20). The molecule has 1 unspecified atom stereocenters. The molecule has 1 aromatic heterocycles. The van der Waals surface area contributed by atoms with E-state index < -0.39 is 11.9 Å². The summed E-state index contributed by atoms with van der Waals surface area (Å²) in [4.78, 5) is 3.50. The molecule has 1 saturated heterocycles. The number of pyridine rings is 1. The third-order valence-corrected chi connectivity index (χ3v) is 3.34. The second-order valence-electron chi connectivity index (χ2n) is 4.91. The second kappa shape index (κ2) is 6.76. The number of hydrogen-bond acceptors (Lipinski definition) is 4. The molecule has 7 heteroatoms. The van der Waals surface area contributed by atoms with Crippen molar-refractivity contribution >= 4 is 5.82 Å². The van der Waals surface area contributed by atoms with Gasteiger partial charge in [0.2, 0.25) is 0 Å². The van der Waals surface area contributed by atoms with Crippen molar-refractivity contribution in [3.05, 3.63) is 23.4 Å². The highest BCUT2D eigenvalue weighted by Crippen LogP contribution is 2.29. The van der Waals surface area contributed by atoms with Crippen LogP contribution in [0.5, 0.6) is 0 Å². The monoisotopic (exact) mass is 299 g/mol. The normalized spacial score (nSPS) is 19.0. The summed E-state index contributed by atoms with van der Waals surface area (Å²) in [5.74, 6) is -0.0249. The quantitative estimate of drug-likeness (QED) is 0.926. The van der Waals surface area contributed by atoms with Crippen LogP contribution in [0, 0.1) is 11.3 Å². The largest absolute Gasteiger partial charge is 0.433 e. The van der Waals surface area contributed by atoms with Crippen molar-refractivity contribution in [3.8, 4) is 6.07 Å². The molecule has 2 rings (SSSR count). The smallest absolute Gasteiger partial charge is 0.378 e. The van der Waals surface area contributed by atoms with E-state index in [0.717, 1.165) is 38.0 Å². The number of halogens is 3. The fraction of sp³-hybridized carbons (Fsp3) is 0.571. The van der Waals surface area contributed by atoms with Crippen LogP contribution >= 0.6 is 0 Å². The van der Waals surface area contributed by atoms with Crippen LogP contribution in [0.15, 0.2) is 12.1 Å². The van der Waals surface area contributed by atoms with Crippen molar-refractivity contribution in [2.45, 2.75) is 38.0 Å². The lowest BCUT2D eigenvalue weighted by molar-refractivity contribution is -0.141. The van der Waals surface area contributed by atoms with Gasteiger partial charge in [0.15, 0.2) is 0 Å². The van der Waals surface area contributed by atoms with Gasteiger partial charge in [-0.05, 0) is 37.8 Å². The van der Waals surface area contributed by atoms with E-state index in [4.69, 9.17) is 10.00 Å². The zero-order valence-corrected chi connectivity index (χ0v) is 11.4. The Kier molecular flexibility index (Phi) is 5.02. The molecular formula is C14H16F3N3O. The van der Waals surface area contributed by atoms with E-state index in [-0.39, 0.29) is 17.5 Å². The first-order valence-corrected chi connectivity index (χ1v) is 6.84. The Labute approximate surface area is 120 Å². The molecule has 1 atom stereocenters. The Bertz CT molecular complexity index is 519. The number of alkyl halides is 3. The summed E-state index contributed by atoms with van der Waals surface area (Å²) in [7, 11) is 0. The fourth-order valence-corrected chi connectivity index (χ4v) is 2.23. The first-order valence-electron chi connectivity index (χ1n) is 6.84. The van der Waals surface area contributed by atoms with E-state index in [1.54, 1.807) is 0 Å². The van der Waals surface area contributed by atoms with E-state index in [2.05, 4.69) is 10.3 Å². The van der Waals surface area contributed by atoms with Gasteiger partial charge in [-0.1, -0.05) is 0 Å². The van der Waals surface area contributed by atoms with E-state index >= 15 is 0 Å². The van der Waals surface area contributed by atoms with Crippen molar-refractivity contribution < 1.29 is 17.9 Å². The maximum atomic E-state index is 12.6. The van der Waals surface area contributed by atoms with Crippen LogP contribution in [0.2, 0.25) is 0 Å². The van der Waals surface area contributed by atoms with Gasteiger partial charge >= 0.3 is 6.18 Å².